The highest BCUT2D eigenvalue weighted by Crippen LogP contribution is 2.28. The summed E-state index contributed by atoms with van der Waals surface area (Å²) in [5, 5.41) is 0. The molecule has 1 fully saturated rings. The van der Waals surface area contributed by atoms with Gasteiger partial charge in [0.1, 0.15) is 0 Å². The van der Waals surface area contributed by atoms with E-state index in [-0.39, 0.29) is 0 Å². The molecule has 1 nitrogen and oxygen atoms in total. The van der Waals surface area contributed by atoms with Crippen molar-refractivity contribution in [3.05, 3.63) is 0 Å². The first-order chi connectivity index (χ1) is 5.49. The molecule has 12 heavy (non-hydrogen) atoms. The van der Waals surface area contributed by atoms with Gasteiger partial charge >= 0.3 is 0 Å². The Kier molecular flexibility index (Phi) is 3.35. The molecule has 0 unspecified atom stereocenters. The van der Waals surface area contributed by atoms with Crippen LogP contribution in [0, 0.1) is 5.92 Å². The van der Waals surface area contributed by atoms with Crippen molar-refractivity contribution in [2.45, 2.75) is 58.4 Å². The molecule has 1 aliphatic rings. The lowest BCUT2D eigenvalue weighted by Crippen LogP contribution is -2.36. The smallest absolute Gasteiger partial charge is 0.184 e. The van der Waals surface area contributed by atoms with Crippen LogP contribution in [0.15, 0.2) is 0 Å². The predicted molar refractivity (Wildman–Crippen MR) is 55.9 cm³/mol. The summed E-state index contributed by atoms with van der Waals surface area (Å²) in [6.07, 6.45) is 6.03. The molecule has 0 heterocycles. The number of rotatable bonds is 2. The van der Waals surface area contributed by atoms with Gasteiger partial charge in [0.05, 0.1) is 0 Å². The lowest BCUT2D eigenvalue weighted by molar-refractivity contribution is 0.0958. The summed E-state index contributed by atoms with van der Waals surface area (Å²) in [5.74, 6) is 0.797. The van der Waals surface area contributed by atoms with Gasteiger partial charge in [0.2, 0.25) is 0 Å². The monoisotopic (exact) mass is 186 g/mol. The van der Waals surface area contributed by atoms with E-state index in [4.69, 9.17) is 4.43 Å². The highest BCUT2D eigenvalue weighted by molar-refractivity contribution is 6.69. The molecule has 0 spiro atoms. The van der Waals surface area contributed by atoms with Crippen LogP contribution in [-0.2, 0) is 4.43 Å². The molecule has 2 heteroatoms. The van der Waals surface area contributed by atoms with E-state index in [1.54, 1.807) is 0 Å². The fraction of sp³-hybridized carbons (Fsp3) is 1.00. The largest absolute Gasteiger partial charge is 0.414 e. The van der Waals surface area contributed by atoms with Crippen molar-refractivity contribution >= 4 is 8.32 Å². The zero-order valence-electron chi connectivity index (χ0n) is 8.89. The van der Waals surface area contributed by atoms with Gasteiger partial charge in [0.25, 0.3) is 0 Å². The van der Waals surface area contributed by atoms with Crippen molar-refractivity contribution in [1.82, 2.24) is 0 Å². The maximum absolute atomic E-state index is 6.13. The Morgan fingerprint density at radius 3 is 2.17 bits per heavy atom. The molecule has 72 valence electrons. The minimum Gasteiger partial charge on any atom is -0.414 e. The van der Waals surface area contributed by atoms with E-state index in [1.807, 2.05) is 0 Å². The van der Waals surface area contributed by atoms with Gasteiger partial charge in [-0.3, -0.25) is 0 Å². The van der Waals surface area contributed by atoms with Crippen molar-refractivity contribution < 1.29 is 4.43 Å². The molecule has 0 aromatic rings. The Morgan fingerprint density at radius 1 is 1.08 bits per heavy atom. The van der Waals surface area contributed by atoms with Crippen LogP contribution in [0.1, 0.15) is 32.6 Å². The molecule has 0 aromatic carbocycles. The number of hydrogen-bond acceptors (Lipinski definition) is 1. The minimum atomic E-state index is -1.29. The second-order valence-electron chi connectivity index (χ2n) is 5.03. The Bertz CT molecular complexity index is 139. The van der Waals surface area contributed by atoms with E-state index in [9.17, 15) is 0 Å². The van der Waals surface area contributed by atoms with Crippen molar-refractivity contribution in [1.29, 1.82) is 0 Å². The van der Waals surface area contributed by atoms with Crippen molar-refractivity contribution in [2.24, 2.45) is 5.92 Å². The van der Waals surface area contributed by atoms with Crippen molar-refractivity contribution in [2.75, 3.05) is 0 Å². The van der Waals surface area contributed by atoms with E-state index in [2.05, 4.69) is 26.6 Å². The van der Waals surface area contributed by atoms with E-state index in [0.29, 0.717) is 6.10 Å². The number of hydrogen-bond donors (Lipinski definition) is 0. The van der Waals surface area contributed by atoms with Crippen LogP contribution in [-0.4, -0.2) is 14.4 Å². The van der Waals surface area contributed by atoms with Gasteiger partial charge in [0.15, 0.2) is 8.32 Å². The summed E-state index contributed by atoms with van der Waals surface area (Å²) in [6, 6.07) is 0. The molecule has 1 rings (SSSR count). The quantitative estimate of drug-likeness (QED) is 0.600. The van der Waals surface area contributed by atoms with Crippen molar-refractivity contribution in [3.8, 4) is 0 Å². The second-order valence-corrected chi connectivity index (χ2v) is 9.49. The average Bonchev–Trinajstić information content (AvgIpc) is 1.91. The first-order valence-corrected chi connectivity index (χ1v) is 8.58. The highest BCUT2D eigenvalue weighted by atomic mass is 28.4. The zero-order valence-corrected chi connectivity index (χ0v) is 9.89. The fourth-order valence-corrected chi connectivity index (χ4v) is 3.17. The molecule has 0 N–H and O–H groups in total. The molecule has 0 saturated heterocycles. The Morgan fingerprint density at radius 2 is 1.67 bits per heavy atom. The normalized spacial score (nSPS) is 32.0. The van der Waals surface area contributed by atoms with Gasteiger partial charge in [0, 0.05) is 6.10 Å². The van der Waals surface area contributed by atoms with E-state index < -0.39 is 8.32 Å². The standard InChI is InChI=1S/C10H22OSi/c1-9-7-5-6-8-10(9)11-12(2,3)4/h9-10H,5-8H2,1-4H3/t9-,10-/m1/s1. The molecule has 1 aliphatic carbocycles. The first-order valence-electron chi connectivity index (χ1n) is 5.17. The molecular weight excluding hydrogens is 164 g/mol. The summed E-state index contributed by atoms with van der Waals surface area (Å²) in [5.41, 5.74) is 0. The average molecular weight is 186 g/mol. The van der Waals surface area contributed by atoms with Gasteiger partial charge in [-0.25, -0.2) is 0 Å². The maximum Gasteiger partial charge on any atom is 0.184 e. The summed E-state index contributed by atoms with van der Waals surface area (Å²) >= 11 is 0. The summed E-state index contributed by atoms with van der Waals surface area (Å²) < 4.78 is 6.13. The lowest BCUT2D eigenvalue weighted by atomic mass is 9.88. The maximum atomic E-state index is 6.13. The van der Waals surface area contributed by atoms with Crippen LogP contribution in [0.4, 0.5) is 0 Å². The van der Waals surface area contributed by atoms with Crippen LogP contribution in [0.2, 0.25) is 19.6 Å². The van der Waals surface area contributed by atoms with E-state index in [1.165, 1.54) is 25.7 Å². The predicted octanol–water partition coefficient (Wildman–Crippen LogP) is 3.42. The third-order valence-corrected chi connectivity index (χ3v) is 3.55. The van der Waals surface area contributed by atoms with Crippen LogP contribution in [0.3, 0.4) is 0 Å². The van der Waals surface area contributed by atoms with Crippen LogP contribution >= 0.6 is 0 Å². The van der Waals surface area contributed by atoms with Gasteiger partial charge in [-0.1, -0.05) is 19.8 Å². The molecule has 2 atom stereocenters. The third kappa shape index (κ3) is 3.28. The minimum absolute atomic E-state index is 0.574. The van der Waals surface area contributed by atoms with Gasteiger partial charge in [-0.05, 0) is 38.4 Å². The van der Waals surface area contributed by atoms with Gasteiger partial charge < -0.3 is 4.43 Å². The topological polar surface area (TPSA) is 9.23 Å². The molecular formula is C10H22OSi. The molecule has 0 aromatic heterocycles. The van der Waals surface area contributed by atoms with Crippen molar-refractivity contribution in [3.63, 3.8) is 0 Å². The van der Waals surface area contributed by atoms with Gasteiger partial charge in [-0.2, -0.15) is 0 Å². The van der Waals surface area contributed by atoms with Crippen LogP contribution in [0.5, 0.6) is 0 Å². The summed E-state index contributed by atoms with van der Waals surface area (Å²) in [4.78, 5) is 0. The molecule has 1 saturated carbocycles. The third-order valence-electron chi connectivity index (χ3n) is 2.54. The summed E-state index contributed by atoms with van der Waals surface area (Å²) in [7, 11) is -1.29. The van der Waals surface area contributed by atoms with E-state index >= 15 is 0 Å². The molecule has 0 amide bonds. The molecule has 0 aliphatic heterocycles. The zero-order chi connectivity index (χ0) is 9.19. The Balaban J connectivity index is 2.39. The Hall–Kier alpha value is 0.177. The van der Waals surface area contributed by atoms with Crippen LogP contribution in [0.25, 0.3) is 0 Å². The molecule has 0 radical (unpaired) electrons. The first kappa shape index (κ1) is 10.3. The fourth-order valence-electron chi connectivity index (χ4n) is 1.91. The SMILES string of the molecule is C[C@@H]1CCCC[C@H]1O[Si](C)(C)C. The highest BCUT2D eigenvalue weighted by Gasteiger charge is 2.27. The Labute approximate surface area is 77.6 Å². The van der Waals surface area contributed by atoms with Crippen LogP contribution < -0.4 is 0 Å². The van der Waals surface area contributed by atoms with Gasteiger partial charge in [-0.15, -0.1) is 0 Å². The lowest BCUT2D eigenvalue weighted by Gasteiger charge is -2.34. The summed E-state index contributed by atoms with van der Waals surface area (Å²) in [6.45, 7) is 9.20. The van der Waals surface area contributed by atoms with E-state index in [0.717, 1.165) is 5.92 Å². The molecule has 0 bridgehead atoms. The second kappa shape index (κ2) is 3.92.